The summed E-state index contributed by atoms with van der Waals surface area (Å²) in [5.74, 6) is 0.559. The monoisotopic (exact) mass is 335 g/mol. The van der Waals surface area contributed by atoms with Crippen molar-refractivity contribution in [3.8, 4) is 0 Å². The predicted octanol–water partition coefficient (Wildman–Crippen LogP) is 2.18. The van der Waals surface area contributed by atoms with E-state index >= 15 is 0 Å². The molecule has 4 nitrogen and oxygen atoms in total. The summed E-state index contributed by atoms with van der Waals surface area (Å²) in [6, 6.07) is 0. The summed E-state index contributed by atoms with van der Waals surface area (Å²) in [4.78, 5) is 2.37. The number of hydrogen-bond acceptors (Lipinski definition) is 3. The average Bonchev–Trinajstić information content (AvgIpc) is 2.66. The minimum absolute atomic E-state index is 0.151. The Morgan fingerprint density at radius 2 is 2.33 bits per heavy atom. The second-order valence-corrected chi connectivity index (χ2v) is 5.67. The molecule has 0 saturated carbocycles. The molecule has 0 spiro atoms. The quantitative estimate of drug-likeness (QED) is 0.790. The van der Waals surface area contributed by atoms with Crippen LogP contribution < -0.4 is 0 Å². The molecule has 1 aliphatic rings. The molecule has 1 aliphatic heterocycles. The maximum Gasteiger partial charge on any atom is 0.0837 e. The Labute approximate surface area is 121 Å². The van der Waals surface area contributed by atoms with Gasteiger partial charge in [0.15, 0.2) is 0 Å². The molecule has 18 heavy (non-hydrogen) atoms. The summed E-state index contributed by atoms with van der Waals surface area (Å²) in [5.41, 5.74) is 2.34. The van der Waals surface area contributed by atoms with Crippen LogP contribution in [-0.2, 0) is 24.8 Å². The van der Waals surface area contributed by atoms with Crippen LogP contribution in [-0.4, -0.2) is 46.4 Å². The normalized spacial score (nSPS) is 21.4. The van der Waals surface area contributed by atoms with Crippen LogP contribution in [0.15, 0.2) is 4.47 Å². The smallest absolute Gasteiger partial charge is 0.0837 e. The Morgan fingerprint density at radius 1 is 1.56 bits per heavy atom. The first-order valence-corrected chi connectivity index (χ1v) is 7.58. The fourth-order valence-electron chi connectivity index (χ4n) is 2.22. The lowest BCUT2D eigenvalue weighted by molar-refractivity contribution is -0.0201. The number of aryl methyl sites for hydroxylation is 2. The second-order valence-electron chi connectivity index (χ2n) is 4.57. The minimum atomic E-state index is 0.151. The molecule has 102 valence electrons. The molecule has 0 aliphatic carbocycles. The highest BCUT2D eigenvalue weighted by molar-refractivity contribution is 9.10. The van der Waals surface area contributed by atoms with Gasteiger partial charge in [-0.3, -0.25) is 9.58 Å². The van der Waals surface area contributed by atoms with E-state index < -0.39 is 0 Å². The van der Waals surface area contributed by atoms with Gasteiger partial charge in [-0.2, -0.15) is 5.10 Å². The molecule has 1 aromatic rings. The van der Waals surface area contributed by atoms with E-state index in [2.05, 4.69) is 32.9 Å². The molecule has 6 heteroatoms. The first-order chi connectivity index (χ1) is 8.65. The fourth-order valence-corrected chi connectivity index (χ4v) is 3.15. The van der Waals surface area contributed by atoms with Crippen molar-refractivity contribution in [1.29, 1.82) is 0 Å². The topological polar surface area (TPSA) is 30.3 Å². The van der Waals surface area contributed by atoms with Gasteiger partial charge in [-0.1, -0.05) is 6.92 Å². The van der Waals surface area contributed by atoms with Crippen molar-refractivity contribution in [2.45, 2.75) is 26.0 Å². The number of morpholine rings is 1. The summed E-state index contributed by atoms with van der Waals surface area (Å²) in [7, 11) is 2.00. The highest BCUT2D eigenvalue weighted by Crippen LogP contribution is 2.23. The van der Waals surface area contributed by atoms with Gasteiger partial charge in [-0.15, -0.1) is 11.6 Å². The Bertz CT molecular complexity index is 410. The van der Waals surface area contributed by atoms with E-state index in [1.807, 2.05) is 11.7 Å². The first kappa shape index (κ1) is 14.3. The molecule has 1 atom stereocenters. The van der Waals surface area contributed by atoms with Gasteiger partial charge in [0.05, 0.1) is 28.6 Å². The van der Waals surface area contributed by atoms with Gasteiger partial charge in [0, 0.05) is 32.6 Å². The van der Waals surface area contributed by atoms with E-state index in [0.717, 1.165) is 42.8 Å². The van der Waals surface area contributed by atoms with Gasteiger partial charge < -0.3 is 4.74 Å². The highest BCUT2D eigenvalue weighted by Gasteiger charge is 2.22. The number of aromatic nitrogens is 2. The summed E-state index contributed by atoms with van der Waals surface area (Å²) in [5, 5.41) is 4.52. The third kappa shape index (κ3) is 3.07. The molecule has 2 heterocycles. The zero-order chi connectivity index (χ0) is 13.1. The lowest BCUT2D eigenvalue weighted by atomic mass is 10.2. The minimum Gasteiger partial charge on any atom is -0.374 e. The maximum atomic E-state index is 5.86. The fraction of sp³-hybridized carbons (Fsp3) is 0.750. The predicted molar refractivity (Wildman–Crippen MR) is 76.0 cm³/mol. The number of ether oxygens (including phenoxy) is 1. The van der Waals surface area contributed by atoms with Crippen molar-refractivity contribution in [3.05, 3.63) is 15.9 Å². The van der Waals surface area contributed by atoms with Crippen molar-refractivity contribution < 1.29 is 4.74 Å². The van der Waals surface area contributed by atoms with Crippen LogP contribution in [0.5, 0.6) is 0 Å². The van der Waals surface area contributed by atoms with Crippen LogP contribution in [0.1, 0.15) is 18.3 Å². The number of alkyl halides is 1. The third-order valence-corrected chi connectivity index (χ3v) is 4.53. The number of rotatable bonds is 4. The largest absolute Gasteiger partial charge is 0.374 e. The SMILES string of the molecule is CCc1nn(C)c(CN2CCOC(CCl)C2)c1Br. The molecule has 0 radical (unpaired) electrons. The lowest BCUT2D eigenvalue weighted by Crippen LogP contribution is -2.43. The molecule has 1 fully saturated rings. The summed E-state index contributed by atoms with van der Waals surface area (Å²) in [6.45, 7) is 5.61. The van der Waals surface area contributed by atoms with Crippen molar-refractivity contribution >= 4 is 27.5 Å². The van der Waals surface area contributed by atoms with Gasteiger partial charge in [-0.25, -0.2) is 0 Å². The van der Waals surface area contributed by atoms with E-state index in [1.54, 1.807) is 0 Å². The van der Waals surface area contributed by atoms with E-state index in [1.165, 1.54) is 5.69 Å². The first-order valence-electron chi connectivity index (χ1n) is 6.25. The molecular formula is C12H19BrClN3O. The Kier molecular flexibility index (Phi) is 5.06. The second kappa shape index (κ2) is 6.37. The van der Waals surface area contributed by atoms with Crippen molar-refractivity contribution in [2.75, 3.05) is 25.6 Å². The highest BCUT2D eigenvalue weighted by atomic mass is 79.9. The molecule has 1 aromatic heterocycles. The summed E-state index contributed by atoms with van der Waals surface area (Å²) >= 11 is 9.51. The van der Waals surface area contributed by atoms with Gasteiger partial charge >= 0.3 is 0 Å². The van der Waals surface area contributed by atoms with E-state index in [4.69, 9.17) is 16.3 Å². The maximum absolute atomic E-state index is 5.86. The van der Waals surface area contributed by atoms with E-state index in [9.17, 15) is 0 Å². The van der Waals surface area contributed by atoms with Crippen molar-refractivity contribution in [1.82, 2.24) is 14.7 Å². The van der Waals surface area contributed by atoms with Gasteiger partial charge in [0.1, 0.15) is 0 Å². The molecule has 0 aromatic carbocycles. The van der Waals surface area contributed by atoms with Gasteiger partial charge in [-0.05, 0) is 22.4 Å². The summed E-state index contributed by atoms with van der Waals surface area (Å²) < 4.78 is 8.68. The average molecular weight is 337 g/mol. The van der Waals surface area contributed by atoms with Crippen molar-refractivity contribution in [3.63, 3.8) is 0 Å². The van der Waals surface area contributed by atoms with Gasteiger partial charge in [0.25, 0.3) is 0 Å². The van der Waals surface area contributed by atoms with Crippen LogP contribution in [0.25, 0.3) is 0 Å². The Morgan fingerprint density at radius 3 is 2.94 bits per heavy atom. The van der Waals surface area contributed by atoms with Crippen LogP contribution in [0.3, 0.4) is 0 Å². The molecule has 1 unspecified atom stereocenters. The molecule has 0 N–H and O–H groups in total. The Balaban J connectivity index is 2.07. The standard InChI is InChI=1S/C12H19BrClN3O/c1-3-10-12(13)11(16(2)15-10)8-17-4-5-18-9(6-14)7-17/h9H,3-8H2,1-2H3. The van der Waals surface area contributed by atoms with Crippen LogP contribution in [0, 0.1) is 0 Å². The van der Waals surface area contributed by atoms with Crippen LogP contribution in [0.4, 0.5) is 0 Å². The number of halogens is 2. The van der Waals surface area contributed by atoms with Crippen LogP contribution >= 0.6 is 27.5 Å². The summed E-state index contributed by atoms with van der Waals surface area (Å²) in [6.07, 6.45) is 1.10. The molecular weight excluding hydrogens is 318 g/mol. The van der Waals surface area contributed by atoms with Gasteiger partial charge in [0.2, 0.25) is 0 Å². The molecule has 0 amide bonds. The zero-order valence-corrected chi connectivity index (χ0v) is 13.2. The van der Waals surface area contributed by atoms with Crippen LogP contribution in [0.2, 0.25) is 0 Å². The van der Waals surface area contributed by atoms with Crippen molar-refractivity contribution in [2.24, 2.45) is 7.05 Å². The Hall–Kier alpha value is -0.100. The lowest BCUT2D eigenvalue weighted by Gasteiger charge is -2.31. The zero-order valence-electron chi connectivity index (χ0n) is 10.8. The number of hydrogen-bond donors (Lipinski definition) is 0. The van der Waals surface area contributed by atoms with E-state index in [-0.39, 0.29) is 6.10 Å². The third-order valence-electron chi connectivity index (χ3n) is 3.27. The molecule has 2 rings (SSSR count). The number of nitrogens with zero attached hydrogens (tertiary/aromatic N) is 3. The molecule has 1 saturated heterocycles. The van der Waals surface area contributed by atoms with E-state index in [0.29, 0.717) is 5.88 Å². The molecule has 0 bridgehead atoms.